The molecule has 24 heavy (non-hydrogen) atoms. The lowest BCUT2D eigenvalue weighted by atomic mass is 10.0. The third kappa shape index (κ3) is 5.78. The molecule has 0 atom stereocenters. The Morgan fingerprint density at radius 2 is 1.83 bits per heavy atom. The molecule has 4 nitrogen and oxygen atoms in total. The molecule has 1 aliphatic rings. The standard InChI is InChI=1S/C19H29FN2O2/c1-19(2,3)24-18(23)21(4)17-10-13-22(14-11-17)12-9-15-5-7-16(20)8-6-15/h5-8,17H,9-14H2,1-4H3. The molecule has 0 spiro atoms. The Morgan fingerprint density at radius 1 is 1.25 bits per heavy atom. The number of benzene rings is 1. The first-order valence-electron chi connectivity index (χ1n) is 8.67. The summed E-state index contributed by atoms with van der Waals surface area (Å²) in [5.74, 6) is -0.190. The Kier molecular flexibility index (Phi) is 6.21. The Balaban J connectivity index is 1.74. The molecule has 1 aromatic carbocycles. The van der Waals surface area contributed by atoms with E-state index in [0.717, 1.165) is 44.5 Å². The maximum atomic E-state index is 12.9. The van der Waals surface area contributed by atoms with E-state index in [2.05, 4.69) is 4.90 Å². The van der Waals surface area contributed by atoms with Crippen LogP contribution in [0.15, 0.2) is 24.3 Å². The SMILES string of the molecule is CN(C(=O)OC(C)(C)C)C1CCN(CCc2ccc(F)cc2)CC1. The van der Waals surface area contributed by atoms with Crippen molar-refractivity contribution in [1.82, 2.24) is 9.80 Å². The van der Waals surface area contributed by atoms with Gasteiger partial charge in [0.05, 0.1) is 0 Å². The molecule has 1 aromatic rings. The molecule has 0 aliphatic carbocycles. The molecule has 1 fully saturated rings. The third-order valence-corrected chi connectivity index (χ3v) is 4.42. The van der Waals surface area contributed by atoms with Gasteiger partial charge < -0.3 is 14.5 Å². The average molecular weight is 336 g/mol. The van der Waals surface area contributed by atoms with Crippen LogP contribution in [0.4, 0.5) is 9.18 Å². The predicted molar refractivity (Wildman–Crippen MR) is 93.6 cm³/mol. The van der Waals surface area contributed by atoms with Gasteiger partial charge in [-0.15, -0.1) is 0 Å². The fraction of sp³-hybridized carbons (Fsp3) is 0.632. The van der Waals surface area contributed by atoms with Crippen molar-refractivity contribution in [2.24, 2.45) is 0 Å². The van der Waals surface area contributed by atoms with Crippen LogP contribution >= 0.6 is 0 Å². The molecule has 0 N–H and O–H groups in total. The van der Waals surface area contributed by atoms with E-state index in [9.17, 15) is 9.18 Å². The largest absolute Gasteiger partial charge is 0.444 e. The molecule has 1 heterocycles. The van der Waals surface area contributed by atoms with Gasteiger partial charge in [0.15, 0.2) is 0 Å². The van der Waals surface area contributed by atoms with Crippen LogP contribution in [0.3, 0.4) is 0 Å². The van der Waals surface area contributed by atoms with Crippen LogP contribution in [0.25, 0.3) is 0 Å². The van der Waals surface area contributed by atoms with Crippen LogP contribution in [-0.2, 0) is 11.2 Å². The van der Waals surface area contributed by atoms with E-state index in [0.29, 0.717) is 0 Å². The van der Waals surface area contributed by atoms with Gasteiger partial charge in [0.25, 0.3) is 0 Å². The van der Waals surface area contributed by atoms with E-state index in [-0.39, 0.29) is 18.0 Å². The molecular formula is C19H29FN2O2. The summed E-state index contributed by atoms with van der Waals surface area (Å²) in [5.41, 5.74) is 0.700. The molecule has 1 saturated heterocycles. The minimum atomic E-state index is -0.457. The fourth-order valence-corrected chi connectivity index (χ4v) is 2.95. The molecular weight excluding hydrogens is 307 g/mol. The molecule has 1 amide bonds. The smallest absolute Gasteiger partial charge is 0.410 e. The Bertz CT molecular complexity index is 531. The minimum Gasteiger partial charge on any atom is -0.444 e. The van der Waals surface area contributed by atoms with Gasteiger partial charge in [-0.05, 0) is 57.7 Å². The van der Waals surface area contributed by atoms with Crippen LogP contribution in [-0.4, -0.2) is 54.2 Å². The first-order chi connectivity index (χ1) is 11.2. The van der Waals surface area contributed by atoms with Crippen molar-refractivity contribution in [3.8, 4) is 0 Å². The number of hydrogen-bond acceptors (Lipinski definition) is 3. The van der Waals surface area contributed by atoms with Crippen LogP contribution in [0, 0.1) is 5.82 Å². The number of amides is 1. The number of rotatable bonds is 4. The molecule has 0 aromatic heterocycles. The summed E-state index contributed by atoms with van der Waals surface area (Å²) in [6, 6.07) is 6.95. The van der Waals surface area contributed by atoms with Crippen molar-refractivity contribution in [1.29, 1.82) is 0 Å². The number of carbonyl (C=O) groups excluding carboxylic acids is 1. The zero-order chi connectivity index (χ0) is 17.7. The summed E-state index contributed by atoms with van der Waals surface area (Å²) < 4.78 is 18.4. The minimum absolute atomic E-state index is 0.190. The number of hydrogen-bond donors (Lipinski definition) is 0. The van der Waals surface area contributed by atoms with E-state index in [1.54, 1.807) is 4.90 Å². The van der Waals surface area contributed by atoms with Gasteiger partial charge in [-0.2, -0.15) is 0 Å². The number of piperidine rings is 1. The lowest BCUT2D eigenvalue weighted by Gasteiger charge is -2.37. The van der Waals surface area contributed by atoms with E-state index in [1.165, 1.54) is 12.1 Å². The van der Waals surface area contributed by atoms with Crippen molar-refractivity contribution < 1.29 is 13.9 Å². The summed E-state index contributed by atoms with van der Waals surface area (Å²) in [6.45, 7) is 8.57. The van der Waals surface area contributed by atoms with E-state index >= 15 is 0 Å². The molecule has 0 bridgehead atoms. The van der Waals surface area contributed by atoms with E-state index in [4.69, 9.17) is 4.74 Å². The summed E-state index contributed by atoms with van der Waals surface area (Å²) in [5, 5.41) is 0. The summed E-state index contributed by atoms with van der Waals surface area (Å²) in [7, 11) is 1.83. The highest BCUT2D eigenvalue weighted by atomic mass is 19.1. The zero-order valence-corrected chi connectivity index (χ0v) is 15.2. The van der Waals surface area contributed by atoms with Gasteiger partial charge in [0, 0.05) is 32.7 Å². The molecule has 5 heteroatoms. The fourth-order valence-electron chi connectivity index (χ4n) is 2.95. The zero-order valence-electron chi connectivity index (χ0n) is 15.2. The predicted octanol–water partition coefficient (Wildman–Crippen LogP) is 3.70. The van der Waals surface area contributed by atoms with Gasteiger partial charge in [0.2, 0.25) is 0 Å². The highest BCUT2D eigenvalue weighted by Crippen LogP contribution is 2.18. The van der Waals surface area contributed by atoms with Crippen LogP contribution in [0.5, 0.6) is 0 Å². The van der Waals surface area contributed by atoms with E-state index < -0.39 is 5.60 Å². The van der Waals surface area contributed by atoms with Crippen molar-refractivity contribution in [2.45, 2.75) is 51.7 Å². The Morgan fingerprint density at radius 3 is 2.38 bits per heavy atom. The topological polar surface area (TPSA) is 32.8 Å². The lowest BCUT2D eigenvalue weighted by Crippen LogP contribution is -2.47. The van der Waals surface area contributed by atoms with Gasteiger partial charge >= 0.3 is 6.09 Å². The van der Waals surface area contributed by atoms with E-state index in [1.807, 2.05) is 40.0 Å². The number of ether oxygens (including phenoxy) is 1. The second-order valence-electron chi connectivity index (χ2n) is 7.54. The molecule has 1 aliphatic heterocycles. The first-order valence-corrected chi connectivity index (χ1v) is 8.67. The number of carbonyl (C=O) groups is 1. The maximum absolute atomic E-state index is 12.9. The van der Waals surface area contributed by atoms with Crippen molar-refractivity contribution >= 4 is 6.09 Å². The third-order valence-electron chi connectivity index (χ3n) is 4.42. The summed E-state index contributed by atoms with van der Waals surface area (Å²) >= 11 is 0. The monoisotopic (exact) mass is 336 g/mol. The second kappa shape index (κ2) is 7.97. The maximum Gasteiger partial charge on any atom is 0.410 e. The highest BCUT2D eigenvalue weighted by molar-refractivity contribution is 5.68. The second-order valence-corrected chi connectivity index (χ2v) is 7.54. The van der Waals surface area contributed by atoms with Crippen LogP contribution in [0.2, 0.25) is 0 Å². The number of halogens is 1. The van der Waals surface area contributed by atoms with Crippen molar-refractivity contribution in [2.75, 3.05) is 26.7 Å². The van der Waals surface area contributed by atoms with Crippen LogP contribution < -0.4 is 0 Å². The summed E-state index contributed by atoms with van der Waals surface area (Å²) in [4.78, 5) is 16.3. The first kappa shape index (κ1) is 18.7. The van der Waals surface area contributed by atoms with Gasteiger partial charge in [-0.3, -0.25) is 0 Å². The lowest BCUT2D eigenvalue weighted by molar-refractivity contribution is 0.0153. The molecule has 0 saturated carbocycles. The van der Waals surface area contributed by atoms with Crippen LogP contribution in [0.1, 0.15) is 39.2 Å². The molecule has 134 valence electrons. The molecule has 2 rings (SSSR count). The van der Waals surface area contributed by atoms with Gasteiger partial charge in [0.1, 0.15) is 11.4 Å². The van der Waals surface area contributed by atoms with Gasteiger partial charge in [-0.1, -0.05) is 12.1 Å². The van der Waals surface area contributed by atoms with Gasteiger partial charge in [-0.25, -0.2) is 9.18 Å². The molecule has 0 radical (unpaired) electrons. The Labute approximate surface area is 144 Å². The molecule has 0 unspecified atom stereocenters. The van der Waals surface area contributed by atoms with Crippen molar-refractivity contribution in [3.63, 3.8) is 0 Å². The average Bonchev–Trinajstić information content (AvgIpc) is 2.52. The summed E-state index contributed by atoms with van der Waals surface area (Å²) in [6.07, 6.45) is 2.60. The number of likely N-dealkylation sites (tertiary alicyclic amines) is 1. The quantitative estimate of drug-likeness (QED) is 0.840. The Hall–Kier alpha value is -1.62. The van der Waals surface area contributed by atoms with Crippen molar-refractivity contribution in [3.05, 3.63) is 35.6 Å². The highest BCUT2D eigenvalue weighted by Gasteiger charge is 2.28. The number of nitrogens with zero attached hydrogens (tertiary/aromatic N) is 2. The normalized spacial score (nSPS) is 16.9.